The Morgan fingerprint density at radius 3 is 2.64 bits per heavy atom. The Morgan fingerprint density at radius 2 is 2.09 bits per heavy atom. The molecular formula is C15H23N3O3S. The Hall–Kier alpha value is -1.47. The molecule has 122 valence electrons. The fraction of sp³-hybridized carbons (Fsp3) is 0.600. The molecule has 22 heavy (non-hydrogen) atoms. The number of sulfone groups is 1. The zero-order valence-corrected chi connectivity index (χ0v) is 14.1. The highest BCUT2D eigenvalue weighted by Gasteiger charge is 2.34. The van der Waals surface area contributed by atoms with Gasteiger partial charge in [-0.05, 0) is 39.6 Å². The molecule has 0 aromatic carbocycles. The first kappa shape index (κ1) is 16.9. The number of hydrogen-bond acceptors (Lipinski definition) is 5. The minimum Gasteiger partial charge on any atom is -0.333 e. The first-order chi connectivity index (χ1) is 10.3. The summed E-state index contributed by atoms with van der Waals surface area (Å²) in [5.41, 5.74) is 1.34. The van der Waals surface area contributed by atoms with Crippen LogP contribution in [0.1, 0.15) is 22.5 Å². The maximum Gasteiger partial charge on any atom is 0.254 e. The minimum absolute atomic E-state index is 0.0657. The van der Waals surface area contributed by atoms with E-state index in [0.29, 0.717) is 25.1 Å². The van der Waals surface area contributed by atoms with Crippen molar-refractivity contribution in [3.05, 3.63) is 29.6 Å². The second-order valence-corrected chi connectivity index (χ2v) is 8.27. The number of amides is 1. The van der Waals surface area contributed by atoms with E-state index in [1.807, 2.05) is 25.9 Å². The van der Waals surface area contributed by atoms with E-state index in [0.717, 1.165) is 5.69 Å². The van der Waals surface area contributed by atoms with E-state index in [2.05, 4.69) is 4.98 Å². The number of rotatable bonds is 5. The van der Waals surface area contributed by atoms with Crippen LogP contribution in [0.15, 0.2) is 18.3 Å². The molecule has 6 nitrogen and oxygen atoms in total. The molecule has 1 amide bonds. The number of carbonyl (C=O) groups excluding carboxylic acids is 1. The van der Waals surface area contributed by atoms with Crippen molar-refractivity contribution in [2.75, 3.05) is 38.7 Å². The molecule has 1 aromatic heterocycles. The summed E-state index contributed by atoms with van der Waals surface area (Å²) in [4.78, 5) is 20.6. The normalized spacial score (nSPS) is 20.3. The molecule has 0 aliphatic carbocycles. The molecule has 1 aromatic rings. The number of likely N-dealkylation sites (N-methyl/N-ethyl adjacent to an activating group) is 1. The van der Waals surface area contributed by atoms with Crippen LogP contribution in [0.5, 0.6) is 0 Å². The Kier molecular flexibility index (Phi) is 5.18. The van der Waals surface area contributed by atoms with Crippen LogP contribution in [-0.4, -0.2) is 73.8 Å². The molecule has 1 fully saturated rings. The minimum atomic E-state index is -3.02. The molecular weight excluding hydrogens is 302 g/mol. The van der Waals surface area contributed by atoms with Gasteiger partial charge in [0.1, 0.15) is 0 Å². The zero-order chi connectivity index (χ0) is 16.3. The summed E-state index contributed by atoms with van der Waals surface area (Å²) in [6, 6.07) is 3.20. The van der Waals surface area contributed by atoms with Gasteiger partial charge in [-0.1, -0.05) is 0 Å². The SMILES string of the molecule is Cc1cc(C(=O)N(CCN(C)C)C2CCS(=O)(=O)C2)ccn1. The largest absolute Gasteiger partial charge is 0.333 e. The van der Waals surface area contributed by atoms with Crippen LogP contribution in [-0.2, 0) is 9.84 Å². The average Bonchev–Trinajstić information content (AvgIpc) is 2.78. The van der Waals surface area contributed by atoms with Crippen molar-refractivity contribution in [1.82, 2.24) is 14.8 Å². The van der Waals surface area contributed by atoms with E-state index in [4.69, 9.17) is 0 Å². The third-order valence-corrected chi connectivity index (χ3v) is 5.59. The van der Waals surface area contributed by atoms with Gasteiger partial charge >= 0.3 is 0 Å². The molecule has 0 radical (unpaired) electrons. The number of pyridine rings is 1. The van der Waals surface area contributed by atoms with Crippen molar-refractivity contribution in [2.24, 2.45) is 0 Å². The van der Waals surface area contributed by atoms with Crippen LogP contribution in [0.4, 0.5) is 0 Å². The average molecular weight is 325 g/mol. The highest BCUT2D eigenvalue weighted by Crippen LogP contribution is 2.20. The van der Waals surface area contributed by atoms with Crippen molar-refractivity contribution in [1.29, 1.82) is 0 Å². The molecule has 2 heterocycles. The van der Waals surface area contributed by atoms with Gasteiger partial charge in [0.2, 0.25) is 0 Å². The van der Waals surface area contributed by atoms with E-state index < -0.39 is 9.84 Å². The van der Waals surface area contributed by atoms with Gasteiger partial charge in [0.05, 0.1) is 11.5 Å². The van der Waals surface area contributed by atoms with Gasteiger partial charge in [0.15, 0.2) is 9.84 Å². The lowest BCUT2D eigenvalue weighted by Gasteiger charge is -2.29. The molecule has 1 aliphatic rings. The molecule has 1 aliphatic heterocycles. The van der Waals surface area contributed by atoms with Gasteiger partial charge in [-0.15, -0.1) is 0 Å². The predicted molar refractivity (Wildman–Crippen MR) is 85.6 cm³/mol. The number of aryl methyl sites for hydroxylation is 1. The number of nitrogens with zero attached hydrogens (tertiary/aromatic N) is 3. The summed E-state index contributed by atoms with van der Waals surface area (Å²) >= 11 is 0. The molecule has 7 heteroatoms. The summed E-state index contributed by atoms with van der Waals surface area (Å²) in [7, 11) is 0.848. The highest BCUT2D eigenvalue weighted by molar-refractivity contribution is 7.91. The Morgan fingerprint density at radius 1 is 1.36 bits per heavy atom. The van der Waals surface area contributed by atoms with Gasteiger partial charge in [0, 0.05) is 36.6 Å². The molecule has 2 rings (SSSR count). The summed E-state index contributed by atoms with van der Waals surface area (Å²) in [5.74, 6) is 0.115. The third kappa shape index (κ3) is 4.27. The first-order valence-electron chi connectivity index (χ1n) is 7.37. The van der Waals surface area contributed by atoms with Crippen LogP contribution in [0.2, 0.25) is 0 Å². The molecule has 0 spiro atoms. The second-order valence-electron chi connectivity index (χ2n) is 6.04. The lowest BCUT2D eigenvalue weighted by molar-refractivity contribution is 0.0683. The van der Waals surface area contributed by atoms with E-state index in [9.17, 15) is 13.2 Å². The molecule has 0 saturated carbocycles. The second kappa shape index (κ2) is 6.75. The highest BCUT2D eigenvalue weighted by atomic mass is 32.2. The van der Waals surface area contributed by atoms with Crippen LogP contribution in [0.3, 0.4) is 0 Å². The molecule has 1 unspecified atom stereocenters. The summed E-state index contributed by atoms with van der Waals surface area (Å²) in [6.45, 7) is 3.06. The Labute approximate surface area is 132 Å². The van der Waals surface area contributed by atoms with Crippen molar-refractivity contribution >= 4 is 15.7 Å². The topological polar surface area (TPSA) is 70.6 Å². The van der Waals surface area contributed by atoms with Gasteiger partial charge < -0.3 is 9.80 Å². The van der Waals surface area contributed by atoms with Crippen LogP contribution >= 0.6 is 0 Å². The first-order valence-corrected chi connectivity index (χ1v) is 9.19. The maximum absolute atomic E-state index is 12.8. The molecule has 1 atom stereocenters. The molecule has 0 bridgehead atoms. The van der Waals surface area contributed by atoms with Crippen LogP contribution in [0.25, 0.3) is 0 Å². The third-order valence-electron chi connectivity index (χ3n) is 3.84. The van der Waals surface area contributed by atoms with E-state index in [1.54, 1.807) is 23.2 Å². The van der Waals surface area contributed by atoms with Gasteiger partial charge in [-0.2, -0.15) is 0 Å². The van der Waals surface area contributed by atoms with Crippen molar-refractivity contribution in [2.45, 2.75) is 19.4 Å². The number of carbonyl (C=O) groups is 1. The van der Waals surface area contributed by atoms with Gasteiger partial charge in [-0.25, -0.2) is 8.42 Å². The smallest absolute Gasteiger partial charge is 0.254 e. The van der Waals surface area contributed by atoms with Crippen molar-refractivity contribution < 1.29 is 13.2 Å². The van der Waals surface area contributed by atoms with Crippen molar-refractivity contribution in [3.63, 3.8) is 0 Å². The van der Waals surface area contributed by atoms with Gasteiger partial charge in [0.25, 0.3) is 5.91 Å². The van der Waals surface area contributed by atoms with Crippen molar-refractivity contribution in [3.8, 4) is 0 Å². The maximum atomic E-state index is 12.8. The molecule has 1 saturated heterocycles. The number of aromatic nitrogens is 1. The standard InChI is InChI=1S/C15H23N3O3S/c1-12-10-13(4-6-16-12)15(19)18(8-7-17(2)3)14-5-9-22(20,21)11-14/h4,6,10,14H,5,7-9,11H2,1-3H3. The summed E-state index contributed by atoms with van der Waals surface area (Å²) in [5, 5.41) is 0. The monoisotopic (exact) mass is 325 g/mol. The fourth-order valence-electron chi connectivity index (χ4n) is 2.62. The fourth-order valence-corrected chi connectivity index (χ4v) is 4.35. The zero-order valence-electron chi connectivity index (χ0n) is 13.3. The van der Waals surface area contributed by atoms with Crippen LogP contribution < -0.4 is 0 Å². The Balaban J connectivity index is 2.22. The lowest BCUT2D eigenvalue weighted by atomic mass is 10.1. The lowest BCUT2D eigenvalue weighted by Crippen LogP contribution is -2.44. The van der Waals surface area contributed by atoms with Crippen LogP contribution in [0, 0.1) is 6.92 Å². The predicted octanol–water partition coefficient (Wildman–Crippen LogP) is 0.581. The summed E-state index contributed by atoms with van der Waals surface area (Å²) < 4.78 is 23.5. The quantitative estimate of drug-likeness (QED) is 0.792. The molecule has 0 N–H and O–H groups in total. The Bertz CT molecular complexity index is 643. The van der Waals surface area contributed by atoms with E-state index in [-0.39, 0.29) is 23.5 Å². The van der Waals surface area contributed by atoms with E-state index >= 15 is 0 Å². The van der Waals surface area contributed by atoms with Gasteiger partial charge in [-0.3, -0.25) is 9.78 Å². The summed E-state index contributed by atoms with van der Waals surface area (Å²) in [6.07, 6.45) is 2.13. The van der Waals surface area contributed by atoms with E-state index in [1.165, 1.54) is 0 Å². The number of hydrogen-bond donors (Lipinski definition) is 0.